The maximum Gasteiger partial charge on any atom is 0.300 e. The van der Waals surface area contributed by atoms with Crippen molar-refractivity contribution < 1.29 is 33.3 Å². The standard InChI is InChI=1S/C25H22ClNO7/c1-4-33-15-8-5-7-14(11-15)27-22(18-9-6-10-34-18)21(24(29)25(27)30)23(28)16-12-17(26)20(32-3)13-19(16)31-2/h5-13,22,28H,4H2,1-3H3/b23-21-. The molecule has 1 unspecified atom stereocenters. The molecule has 1 aliphatic heterocycles. The summed E-state index contributed by atoms with van der Waals surface area (Å²) in [7, 11) is 2.85. The molecule has 9 heteroatoms. The van der Waals surface area contributed by atoms with Crippen LogP contribution in [0, 0.1) is 0 Å². The van der Waals surface area contributed by atoms with Crippen LogP contribution in [0.4, 0.5) is 5.69 Å². The first-order valence-electron chi connectivity index (χ1n) is 10.4. The van der Waals surface area contributed by atoms with Crippen LogP contribution in [0.1, 0.15) is 24.3 Å². The minimum atomic E-state index is -1.03. The molecule has 0 aliphatic carbocycles. The third kappa shape index (κ3) is 3.97. The number of benzene rings is 2. The van der Waals surface area contributed by atoms with Crippen LogP contribution in [0.25, 0.3) is 5.76 Å². The summed E-state index contributed by atoms with van der Waals surface area (Å²) in [5, 5.41) is 11.5. The first-order valence-corrected chi connectivity index (χ1v) is 10.8. The normalized spacial score (nSPS) is 17.2. The number of amides is 1. The van der Waals surface area contributed by atoms with Gasteiger partial charge in [-0.2, -0.15) is 0 Å². The summed E-state index contributed by atoms with van der Waals surface area (Å²) in [4.78, 5) is 27.7. The van der Waals surface area contributed by atoms with Crippen LogP contribution in [-0.4, -0.2) is 37.6 Å². The second-order valence-corrected chi connectivity index (χ2v) is 7.71. The van der Waals surface area contributed by atoms with E-state index in [1.807, 2.05) is 6.92 Å². The Bertz CT molecular complexity index is 1270. The lowest BCUT2D eigenvalue weighted by molar-refractivity contribution is -0.132. The Balaban J connectivity index is 1.93. The number of ether oxygens (including phenoxy) is 3. The van der Waals surface area contributed by atoms with Crippen molar-refractivity contribution in [2.24, 2.45) is 0 Å². The summed E-state index contributed by atoms with van der Waals surface area (Å²) in [5.74, 6) is -0.799. The van der Waals surface area contributed by atoms with Crippen LogP contribution in [0.3, 0.4) is 0 Å². The molecule has 2 aromatic carbocycles. The molecule has 0 bridgehead atoms. The van der Waals surface area contributed by atoms with E-state index < -0.39 is 23.5 Å². The van der Waals surface area contributed by atoms with E-state index >= 15 is 0 Å². The smallest absolute Gasteiger partial charge is 0.300 e. The summed E-state index contributed by atoms with van der Waals surface area (Å²) in [6, 6.07) is 11.9. The fourth-order valence-corrected chi connectivity index (χ4v) is 4.14. The number of nitrogens with zero attached hydrogens (tertiary/aromatic N) is 1. The number of aliphatic hydroxyl groups excluding tert-OH is 1. The van der Waals surface area contributed by atoms with Crippen LogP contribution in [0.15, 0.2) is 64.8 Å². The molecule has 34 heavy (non-hydrogen) atoms. The number of aliphatic hydroxyl groups is 1. The van der Waals surface area contributed by atoms with Gasteiger partial charge in [0.05, 0.1) is 43.2 Å². The molecule has 0 spiro atoms. The Labute approximate surface area is 200 Å². The van der Waals surface area contributed by atoms with Gasteiger partial charge in [-0.3, -0.25) is 14.5 Å². The van der Waals surface area contributed by atoms with E-state index in [4.69, 9.17) is 30.2 Å². The van der Waals surface area contributed by atoms with E-state index in [1.54, 1.807) is 36.4 Å². The van der Waals surface area contributed by atoms with Gasteiger partial charge in [0.25, 0.3) is 11.7 Å². The fourth-order valence-electron chi connectivity index (χ4n) is 3.89. The molecule has 2 heterocycles. The van der Waals surface area contributed by atoms with E-state index in [0.29, 0.717) is 29.6 Å². The van der Waals surface area contributed by atoms with Gasteiger partial charge < -0.3 is 23.7 Å². The molecule has 1 amide bonds. The lowest BCUT2D eigenvalue weighted by atomic mass is 9.98. The quantitative estimate of drug-likeness (QED) is 0.287. The molecule has 176 valence electrons. The van der Waals surface area contributed by atoms with Crippen molar-refractivity contribution in [1.29, 1.82) is 0 Å². The largest absolute Gasteiger partial charge is 0.507 e. The van der Waals surface area contributed by atoms with Crippen LogP contribution in [-0.2, 0) is 9.59 Å². The van der Waals surface area contributed by atoms with Gasteiger partial charge in [-0.1, -0.05) is 17.7 Å². The van der Waals surface area contributed by atoms with Gasteiger partial charge in [-0.25, -0.2) is 0 Å². The van der Waals surface area contributed by atoms with Crippen molar-refractivity contribution in [2.45, 2.75) is 13.0 Å². The first kappa shape index (κ1) is 23.3. The SMILES string of the molecule is CCOc1cccc(N2C(=O)C(=O)/C(=C(\O)c3cc(Cl)c(OC)cc3OC)C2c2ccco2)c1. The maximum atomic E-state index is 13.2. The highest BCUT2D eigenvalue weighted by atomic mass is 35.5. The Morgan fingerprint density at radius 2 is 1.85 bits per heavy atom. The Morgan fingerprint density at radius 3 is 2.50 bits per heavy atom. The summed E-state index contributed by atoms with van der Waals surface area (Å²) in [6.45, 7) is 2.27. The van der Waals surface area contributed by atoms with Gasteiger partial charge >= 0.3 is 0 Å². The van der Waals surface area contributed by atoms with Crippen molar-refractivity contribution in [3.63, 3.8) is 0 Å². The molecule has 1 aliphatic rings. The summed E-state index contributed by atoms with van der Waals surface area (Å²) in [5.41, 5.74) is 0.375. The van der Waals surface area contributed by atoms with Crippen LogP contribution in [0.2, 0.25) is 5.02 Å². The predicted octanol–water partition coefficient (Wildman–Crippen LogP) is 4.98. The Kier molecular flexibility index (Phi) is 6.51. The van der Waals surface area contributed by atoms with Crippen LogP contribution in [0.5, 0.6) is 17.2 Å². The van der Waals surface area contributed by atoms with E-state index in [0.717, 1.165) is 0 Å². The molecule has 0 radical (unpaired) electrons. The highest BCUT2D eigenvalue weighted by Crippen LogP contribution is 2.45. The van der Waals surface area contributed by atoms with Crippen molar-refractivity contribution in [2.75, 3.05) is 25.7 Å². The van der Waals surface area contributed by atoms with Crippen LogP contribution < -0.4 is 19.1 Å². The number of hydrogen-bond donors (Lipinski definition) is 1. The summed E-state index contributed by atoms with van der Waals surface area (Å²) in [6.07, 6.45) is 1.43. The number of carbonyl (C=O) groups excluding carboxylic acids is 2. The number of methoxy groups -OCH3 is 2. The molecule has 1 fully saturated rings. The van der Waals surface area contributed by atoms with Crippen LogP contribution >= 0.6 is 11.6 Å². The zero-order chi connectivity index (χ0) is 24.4. The molecule has 1 saturated heterocycles. The third-order valence-electron chi connectivity index (χ3n) is 5.39. The molecule has 1 N–H and O–H groups in total. The number of anilines is 1. The minimum absolute atomic E-state index is 0.130. The third-order valence-corrected chi connectivity index (χ3v) is 5.69. The van der Waals surface area contributed by atoms with Crippen molar-refractivity contribution in [1.82, 2.24) is 0 Å². The van der Waals surface area contributed by atoms with E-state index in [2.05, 4.69) is 0 Å². The maximum absolute atomic E-state index is 13.2. The number of rotatable bonds is 7. The van der Waals surface area contributed by atoms with Gasteiger partial charge in [-0.05, 0) is 37.3 Å². The van der Waals surface area contributed by atoms with Gasteiger partial charge in [0.2, 0.25) is 0 Å². The second kappa shape index (κ2) is 9.52. The van der Waals surface area contributed by atoms with Crippen molar-refractivity contribution in [3.8, 4) is 17.2 Å². The molecule has 3 aromatic rings. The Hall–Kier alpha value is -3.91. The first-order chi connectivity index (χ1) is 16.4. The van der Waals surface area contributed by atoms with Crippen molar-refractivity contribution in [3.05, 3.63) is 76.7 Å². The lowest BCUT2D eigenvalue weighted by Crippen LogP contribution is -2.29. The number of furan rings is 1. The summed E-state index contributed by atoms with van der Waals surface area (Å²) < 4.78 is 21.7. The zero-order valence-electron chi connectivity index (χ0n) is 18.7. The number of halogens is 1. The predicted molar refractivity (Wildman–Crippen MR) is 126 cm³/mol. The molecule has 0 saturated carbocycles. The van der Waals surface area contributed by atoms with Gasteiger partial charge in [0, 0.05) is 17.8 Å². The summed E-state index contributed by atoms with van der Waals surface area (Å²) >= 11 is 6.27. The van der Waals surface area contributed by atoms with Gasteiger partial charge in [0.1, 0.15) is 34.8 Å². The van der Waals surface area contributed by atoms with E-state index in [1.165, 1.54) is 37.5 Å². The Morgan fingerprint density at radius 1 is 1.09 bits per heavy atom. The molecule has 1 aromatic heterocycles. The minimum Gasteiger partial charge on any atom is -0.507 e. The monoisotopic (exact) mass is 483 g/mol. The topological polar surface area (TPSA) is 98.4 Å². The zero-order valence-corrected chi connectivity index (χ0v) is 19.5. The number of hydrogen-bond acceptors (Lipinski definition) is 7. The molecule has 4 rings (SSSR count). The highest BCUT2D eigenvalue weighted by molar-refractivity contribution is 6.51. The molecular formula is C25H22ClNO7. The number of carbonyl (C=O) groups is 2. The van der Waals surface area contributed by atoms with Gasteiger partial charge in [-0.15, -0.1) is 0 Å². The second-order valence-electron chi connectivity index (χ2n) is 7.30. The van der Waals surface area contributed by atoms with E-state index in [9.17, 15) is 14.7 Å². The molecule has 1 atom stereocenters. The molecule has 8 nitrogen and oxygen atoms in total. The van der Waals surface area contributed by atoms with E-state index in [-0.39, 0.29) is 21.9 Å². The average Bonchev–Trinajstić information content (AvgIpc) is 3.46. The number of Topliss-reactive ketones (excluding diaryl/α,β-unsaturated/α-hetero) is 1. The highest BCUT2D eigenvalue weighted by Gasteiger charge is 2.48. The van der Waals surface area contributed by atoms with Crippen molar-refractivity contribution >= 4 is 34.7 Å². The molecular weight excluding hydrogens is 462 g/mol. The average molecular weight is 484 g/mol. The number of ketones is 1. The van der Waals surface area contributed by atoms with Gasteiger partial charge in [0.15, 0.2) is 0 Å². The fraction of sp³-hybridized carbons (Fsp3) is 0.200. The lowest BCUT2D eigenvalue weighted by Gasteiger charge is -2.24.